The van der Waals surface area contributed by atoms with Gasteiger partial charge in [0.1, 0.15) is 0 Å². The van der Waals surface area contributed by atoms with E-state index in [0.717, 1.165) is 0 Å². The summed E-state index contributed by atoms with van der Waals surface area (Å²) in [6.07, 6.45) is 1.55. The Bertz CT molecular complexity index is 320. The summed E-state index contributed by atoms with van der Waals surface area (Å²) in [5.74, 6) is -1.16. The van der Waals surface area contributed by atoms with E-state index in [2.05, 4.69) is 15.9 Å². The molecule has 0 heterocycles. The van der Waals surface area contributed by atoms with Crippen LogP contribution in [0.15, 0.2) is 17.1 Å². The van der Waals surface area contributed by atoms with Gasteiger partial charge in [0.25, 0.3) is 0 Å². The van der Waals surface area contributed by atoms with E-state index >= 15 is 0 Å². The average molecular weight is 231 g/mol. The van der Waals surface area contributed by atoms with Crippen LogP contribution in [-0.4, -0.2) is 15.3 Å². The van der Waals surface area contributed by atoms with Crippen molar-refractivity contribution in [1.82, 2.24) is 0 Å². The van der Waals surface area contributed by atoms with E-state index in [9.17, 15) is 5.11 Å². The highest BCUT2D eigenvalue weighted by molar-refractivity contribution is 9.11. The monoisotopic (exact) mass is 230 g/mol. The molecule has 3 nitrogen and oxygen atoms in total. The Morgan fingerprint density at radius 2 is 1.75 bits per heavy atom. The van der Waals surface area contributed by atoms with Crippen LogP contribution < -0.4 is 0 Å². The van der Waals surface area contributed by atoms with Gasteiger partial charge >= 0.3 is 0 Å². The van der Waals surface area contributed by atoms with Crippen molar-refractivity contribution >= 4 is 22.0 Å². The smallest absolute Gasteiger partial charge is 0.200 e. The topological polar surface area (TPSA) is 60.7 Å². The van der Waals surface area contributed by atoms with Crippen LogP contribution in [0.5, 0.6) is 17.2 Å². The first kappa shape index (κ1) is 8.93. The molecule has 0 aromatic heterocycles. The molecular formula is C8H7BrO3. The Morgan fingerprint density at radius 3 is 2.33 bits per heavy atom. The lowest BCUT2D eigenvalue weighted by Gasteiger charge is -2.02. The van der Waals surface area contributed by atoms with Gasteiger partial charge in [0, 0.05) is 5.56 Å². The standard InChI is InChI=1S/C8H7BrO3/c9-4-3-5-1-2-6(10)8(12)7(5)11/h1-4,10-12H/b4-3+. The number of phenolic OH excluding ortho intramolecular Hbond substituents is 3. The third-order valence-corrected chi connectivity index (χ3v) is 1.67. The fourth-order valence-electron chi connectivity index (χ4n) is 0.787. The largest absolute Gasteiger partial charge is 0.504 e. The number of benzene rings is 1. The molecule has 0 saturated carbocycles. The zero-order chi connectivity index (χ0) is 9.14. The van der Waals surface area contributed by atoms with Gasteiger partial charge in [-0.15, -0.1) is 0 Å². The van der Waals surface area contributed by atoms with Crippen LogP contribution in [0.25, 0.3) is 6.08 Å². The molecule has 0 unspecified atom stereocenters. The van der Waals surface area contributed by atoms with Crippen molar-refractivity contribution in [3.8, 4) is 17.2 Å². The third-order valence-electron chi connectivity index (χ3n) is 1.40. The van der Waals surface area contributed by atoms with Gasteiger partial charge in [0.2, 0.25) is 5.75 Å². The molecule has 12 heavy (non-hydrogen) atoms. The molecule has 0 fully saturated rings. The lowest BCUT2D eigenvalue weighted by molar-refractivity contribution is 0.367. The highest BCUT2D eigenvalue weighted by atomic mass is 79.9. The van der Waals surface area contributed by atoms with Gasteiger partial charge in [-0.05, 0) is 23.2 Å². The van der Waals surface area contributed by atoms with Crippen LogP contribution in [0.3, 0.4) is 0 Å². The fraction of sp³-hybridized carbons (Fsp3) is 0. The molecule has 1 aromatic carbocycles. The van der Waals surface area contributed by atoms with Gasteiger partial charge in [-0.2, -0.15) is 0 Å². The minimum Gasteiger partial charge on any atom is -0.504 e. The first-order valence-corrected chi connectivity index (χ1v) is 4.09. The Labute approximate surface area is 77.7 Å². The third kappa shape index (κ3) is 1.53. The SMILES string of the molecule is Oc1ccc(/C=C/Br)c(O)c1O. The minimum atomic E-state index is -0.502. The summed E-state index contributed by atoms with van der Waals surface area (Å²) in [6, 6.07) is 2.79. The molecule has 0 aliphatic rings. The number of phenols is 3. The zero-order valence-electron chi connectivity index (χ0n) is 6.03. The maximum absolute atomic E-state index is 9.23. The second kappa shape index (κ2) is 3.49. The van der Waals surface area contributed by atoms with E-state index in [1.807, 2.05) is 0 Å². The maximum Gasteiger partial charge on any atom is 0.200 e. The molecule has 3 N–H and O–H groups in total. The Kier molecular flexibility index (Phi) is 2.60. The summed E-state index contributed by atoms with van der Waals surface area (Å²) in [7, 11) is 0. The van der Waals surface area contributed by atoms with Crippen LogP contribution in [0.4, 0.5) is 0 Å². The zero-order valence-corrected chi connectivity index (χ0v) is 7.62. The second-order valence-electron chi connectivity index (χ2n) is 2.16. The first-order valence-electron chi connectivity index (χ1n) is 3.17. The van der Waals surface area contributed by atoms with Gasteiger partial charge in [0.05, 0.1) is 0 Å². The molecule has 0 amide bonds. The van der Waals surface area contributed by atoms with E-state index in [1.165, 1.54) is 12.1 Å². The maximum atomic E-state index is 9.23. The molecule has 0 radical (unpaired) electrons. The highest BCUT2D eigenvalue weighted by Gasteiger charge is 2.07. The van der Waals surface area contributed by atoms with Gasteiger partial charge < -0.3 is 15.3 Å². The molecule has 1 rings (SSSR count). The van der Waals surface area contributed by atoms with Crippen molar-refractivity contribution in [2.45, 2.75) is 0 Å². The quantitative estimate of drug-likeness (QED) is 0.649. The molecule has 0 aliphatic heterocycles. The van der Waals surface area contributed by atoms with Crippen molar-refractivity contribution in [2.75, 3.05) is 0 Å². The number of rotatable bonds is 1. The summed E-state index contributed by atoms with van der Waals surface area (Å²) < 4.78 is 0. The molecule has 0 aliphatic carbocycles. The molecule has 1 aromatic rings. The van der Waals surface area contributed by atoms with Crippen LogP contribution >= 0.6 is 15.9 Å². The van der Waals surface area contributed by atoms with Crippen molar-refractivity contribution < 1.29 is 15.3 Å². The van der Waals surface area contributed by atoms with Gasteiger partial charge in [-0.1, -0.05) is 15.9 Å². The molecular weight excluding hydrogens is 224 g/mol. The number of hydrogen-bond donors (Lipinski definition) is 3. The second-order valence-corrected chi connectivity index (χ2v) is 2.69. The molecule has 4 heteroatoms. The highest BCUT2D eigenvalue weighted by Crippen LogP contribution is 2.37. The fourth-order valence-corrected chi connectivity index (χ4v) is 1.07. The van der Waals surface area contributed by atoms with E-state index in [1.54, 1.807) is 11.1 Å². The summed E-state index contributed by atoms with van der Waals surface area (Å²) in [4.78, 5) is 1.54. The van der Waals surface area contributed by atoms with Crippen LogP contribution in [0, 0.1) is 0 Å². The molecule has 64 valence electrons. The minimum absolute atomic E-state index is 0.328. The lowest BCUT2D eigenvalue weighted by Crippen LogP contribution is -1.76. The van der Waals surface area contributed by atoms with E-state index in [0.29, 0.717) is 5.56 Å². The van der Waals surface area contributed by atoms with E-state index in [-0.39, 0.29) is 11.5 Å². The summed E-state index contributed by atoms with van der Waals surface area (Å²) in [6.45, 7) is 0. The Hall–Kier alpha value is -1.16. The van der Waals surface area contributed by atoms with Crippen LogP contribution in [0.2, 0.25) is 0 Å². The predicted octanol–water partition coefficient (Wildman–Crippen LogP) is 2.17. The lowest BCUT2D eigenvalue weighted by atomic mass is 10.2. The molecule has 0 bridgehead atoms. The van der Waals surface area contributed by atoms with E-state index in [4.69, 9.17) is 10.2 Å². The summed E-state index contributed by atoms with van der Waals surface area (Å²) in [5.41, 5.74) is 0.433. The predicted molar refractivity (Wildman–Crippen MR) is 49.4 cm³/mol. The average Bonchev–Trinajstić information content (AvgIpc) is 2.07. The molecule has 0 atom stereocenters. The van der Waals surface area contributed by atoms with Gasteiger partial charge in [-0.25, -0.2) is 0 Å². The summed E-state index contributed by atoms with van der Waals surface area (Å²) in [5, 5.41) is 27.2. The van der Waals surface area contributed by atoms with Crippen molar-refractivity contribution in [1.29, 1.82) is 0 Å². The first-order chi connectivity index (χ1) is 5.66. The van der Waals surface area contributed by atoms with Crippen LogP contribution in [0.1, 0.15) is 5.56 Å². The number of hydrogen-bond acceptors (Lipinski definition) is 3. The van der Waals surface area contributed by atoms with Crippen molar-refractivity contribution in [2.24, 2.45) is 0 Å². The normalized spacial score (nSPS) is 10.8. The van der Waals surface area contributed by atoms with E-state index < -0.39 is 5.75 Å². The number of aromatic hydroxyl groups is 3. The molecule has 0 spiro atoms. The van der Waals surface area contributed by atoms with Crippen LogP contribution in [-0.2, 0) is 0 Å². The number of halogens is 1. The van der Waals surface area contributed by atoms with Gasteiger partial charge in [0.15, 0.2) is 11.5 Å². The summed E-state index contributed by atoms with van der Waals surface area (Å²) >= 11 is 3.03. The van der Waals surface area contributed by atoms with Gasteiger partial charge in [-0.3, -0.25) is 0 Å². The Morgan fingerprint density at radius 1 is 1.08 bits per heavy atom. The van der Waals surface area contributed by atoms with Crippen molar-refractivity contribution in [3.63, 3.8) is 0 Å². The van der Waals surface area contributed by atoms with Crippen molar-refractivity contribution in [3.05, 3.63) is 22.7 Å². The Balaban J connectivity index is 3.26. The molecule has 0 saturated heterocycles.